The maximum Gasteiger partial charge on any atom is 0.508 e. The summed E-state index contributed by atoms with van der Waals surface area (Å²) in [6, 6.07) is 7.09. The van der Waals surface area contributed by atoms with Gasteiger partial charge in [-0.25, -0.2) is 14.6 Å². The Morgan fingerprint density at radius 1 is 1.09 bits per heavy atom. The molecule has 0 radical (unpaired) electrons. The highest BCUT2D eigenvalue weighted by atomic mass is 16.7. The molecule has 3 heterocycles. The second-order valence-electron chi connectivity index (χ2n) is 13.9. The van der Waals surface area contributed by atoms with Crippen molar-refractivity contribution in [3.05, 3.63) is 47.5 Å². The lowest BCUT2D eigenvalue weighted by molar-refractivity contribution is -0.144. The van der Waals surface area contributed by atoms with Gasteiger partial charge in [-0.15, -0.1) is 0 Å². The lowest BCUT2D eigenvalue weighted by Gasteiger charge is -2.33. The molecule has 2 N–H and O–H groups in total. The van der Waals surface area contributed by atoms with Crippen LogP contribution in [0, 0.1) is 5.92 Å². The molecule has 0 bridgehead atoms. The van der Waals surface area contributed by atoms with E-state index in [0.717, 1.165) is 62.0 Å². The maximum atomic E-state index is 13.1. The standard InChI is InChI=1S/C34H48N4O7/c1-22(20-43-33(42)44-25-11-6-5-7-12-25)18-26(29-28-15-14-23-10-8-9-13-27(23)38(28)21-35-29)30(31(39)40)37-17-16-24(19-37)36-32(41)45-34(2,3)4/h8-10,13,21-22,24-26,30H,5-7,11-12,14-20H2,1-4H3,(H,36,41)(H,39,40)/t22?,24-,26?,30-/m0/s1. The number of para-hydroxylation sites is 1. The van der Waals surface area contributed by atoms with E-state index in [9.17, 15) is 19.5 Å². The van der Waals surface area contributed by atoms with Gasteiger partial charge in [0.05, 0.1) is 18.6 Å². The van der Waals surface area contributed by atoms with Crippen LogP contribution in [0.4, 0.5) is 9.59 Å². The molecule has 11 heteroatoms. The third-order valence-corrected chi connectivity index (χ3v) is 9.06. The largest absolute Gasteiger partial charge is 0.508 e. The van der Waals surface area contributed by atoms with Gasteiger partial charge in [0.15, 0.2) is 0 Å². The molecule has 4 atom stereocenters. The van der Waals surface area contributed by atoms with Crippen molar-refractivity contribution in [2.24, 2.45) is 5.92 Å². The molecule has 1 aromatic heterocycles. The zero-order valence-electron chi connectivity index (χ0n) is 27.0. The Bertz CT molecular complexity index is 1350. The first-order valence-electron chi connectivity index (χ1n) is 16.4. The molecule has 11 nitrogen and oxygen atoms in total. The molecule has 1 saturated heterocycles. The fourth-order valence-corrected chi connectivity index (χ4v) is 7.03. The molecule has 3 aliphatic rings. The maximum absolute atomic E-state index is 13.1. The molecule has 2 aliphatic heterocycles. The Morgan fingerprint density at radius 3 is 2.58 bits per heavy atom. The number of nitrogens with zero attached hydrogens (tertiary/aromatic N) is 3. The summed E-state index contributed by atoms with van der Waals surface area (Å²) in [5.41, 5.74) is 3.44. The van der Waals surface area contributed by atoms with Crippen LogP contribution in [0.25, 0.3) is 5.69 Å². The van der Waals surface area contributed by atoms with Crippen molar-refractivity contribution in [3.8, 4) is 5.69 Å². The van der Waals surface area contributed by atoms with Crippen LogP contribution in [0.5, 0.6) is 0 Å². The van der Waals surface area contributed by atoms with E-state index in [1.54, 1.807) is 6.33 Å². The normalized spacial score (nSPS) is 20.8. The first kappa shape index (κ1) is 32.8. The van der Waals surface area contributed by atoms with Crippen molar-refractivity contribution in [1.29, 1.82) is 0 Å². The summed E-state index contributed by atoms with van der Waals surface area (Å²) in [4.78, 5) is 44.8. The number of amides is 1. The lowest BCUT2D eigenvalue weighted by atomic mass is 9.84. The summed E-state index contributed by atoms with van der Waals surface area (Å²) in [6.45, 7) is 8.40. The van der Waals surface area contributed by atoms with Crippen LogP contribution in [0.1, 0.15) is 95.5 Å². The van der Waals surface area contributed by atoms with Crippen LogP contribution < -0.4 is 5.32 Å². The van der Waals surface area contributed by atoms with E-state index in [0.29, 0.717) is 25.9 Å². The number of aromatic nitrogens is 2. The Morgan fingerprint density at radius 2 is 1.84 bits per heavy atom. The van der Waals surface area contributed by atoms with Crippen LogP contribution in [-0.2, 0) is 31.8 Å². The highest BCUT2D eigenvalue weighted by Gasteiger charge is 2.42. The monoisotopic (exact) mass is 624 g/mol. The number of aliphatic carboxylic acids is 1. The van der Waals surface area contributed by atoms with E-state index in [4.69, 9.17) is 19.2 Å². The number of alkyl carbamates (subject to hydrolysis) is 1. The molecule has 2 aromatic rings. The van der Waals surface area contributed by atoms with E-state index in [2.05, 4.69) is 22.0 Å². The van der Waals surface area contributed by atoms with E-state index in [-0.39, 0.29) is 24.7 Å². The fourth-order valence-electron chi connectivity index (χ4n) is 7.03. The second-order valence-corrected chi connectivity index (χ2v) is 13.9. The minimum atomic E-state index is -0.944. The van der Waals surface area contributed by atoms with Crippen LogP contribution in [0.3, 0.4) is 0 Å². The summed E-state index contributed by atoms with van der Waals surface area (Å²) in [5.74, 6) is -1.57. The topological polar surface area (TPSA) is 132 Å². The van der Waals surface area contributed by atoms with Gasteiger partial charge in [-0.3, -0.25) is 9.69 Å². The molecule has 1 amide bonds. The van der Waals surface area contributed by atoms with Gasteiger partial charge < -0.3 is 29.2 Å². The number of carboxylic acid groups (broad SMARTS) is 1. The van der Waals surface area contributed by atoms with E-state index >= 15 is 0 Å². The summed E-state index contributed by atoms with van der Waals surface area (Å²) in [6.07, 6.45) is 8.17. The molecule has 1 aliphatic carbocycles. The zero-order valence-corrected chi connectivity index (χ0v) is 27.0. The Kier molecular flexibility index (Phi) is 10.4. The van der Waals surface area contributed by atoms with Gasteiger partial charge in [0.1, 0.15) is 17.7 Å². The van der Waals surface area contributed by atoms with Gasteiger partial charge in [0.25, 0.3) is 0 Å². The molecule has 5 rings (SSSR count). The molecular formula is C34H48N4O7. The van der Waals surface area contributed by atoms with Crippen molar-refractivity contribution < 1.29 is 33.7 Å². The number of carbonyl (C=O) groups is 3. The first-order valence-corrected chi connectivity index (χ1v) is 16.4. The number of ether oxygens (including phenoxy) is 3. The van der Waals surface area contributed by atoms with Gasteiger partial charge in [0.2, 0.25) is 0 Å². The van der Waals surface area contributed by atoms with Crippen molar-refractivity contribution >= 4 is 18.2 Å². The number of likely N-dealkylation sites (tertiary alicyclic amines) is 1. The van der Waals surface area contributed by atoms with E-state index < -0.39 is 35.8 Å². The summed E-state index contributed by atoms with van der Waals surface area (Å²) in [7, 11) is 0. The quantitative estimate of drug-likeness (QED) is 0.323. The zero-order chi connectivity index (χ0) is 32.1. The minimum Gasteiger partial charge on any atom is -0.480 e. The van der Waals surface area contributed by atoms with E-state index in [1.165, 1.54) is 5.56 Å². The number of fused-ring (bicyclic) bond motifs is 3. The lowest BCUT2D eigenvalue weighted by Crippen LogP contribution is -2.47. The number of carbonyl (C=O) groups excluding carboxylic acids is 2. The number of hydrogen-bond acceptors (Lipinski definition) is 8. The van der Waals surface area contributed by atoms with Crippen LogP contribution in [-0.4, -0.2) is 81.3 Å². The van der Waals surface area contributed by atoms with Crippen molar-refractivity contribution in [2.45, 2.75) is 115 Å². The molecule has 246 valence electrons. The second kappa shape index (κ2) is 14.2. The van der Waals surface area contributed by atoms with Gasteiger partial charge in [-0.1, -0.05) is 31.5 Å². The molecule has 1 saturated carbocycles. The smallest absolute Gasteiger partial charge is 0.480 e. The fraction of sp³-hybridized carbons (Fsp3) is 0.647. The number of imidazole rings is 1. The van der Waals surface area contributed by atoms with Crippen LogP contribution in [0.2, 0.25) is 0 Å². The summed E-state index contributed by atoms with van der Waals surface area (Å²) in [5, 5.41) is 13.6. The predicted molar refractivity (Wildman–Crippen MR) is 168 cm³/mol. The van der Waals surface area contributed by atoms with Gasteiger partial charge in [-0.05, 0) is 89.7 Å². The number of nitrogens with one attached hydrogen (secondary N) is 1. The molecular weight excluding hydrogens is 576 g/mol. The van der Waals surface area contributed by atoms with E-state index in [1.807, 2.05) is 44.7 Å². The first-order chi connectivity index (χ1) is 21.5. The Balaban J connectivity index is 1.34. The molecule has 0 spiro atoms. The minimum absolute atomic E-state index is 0.0944. The molecule has 45 heavy (non-hydrogen) atoms. The highest BCUT2D eigenvalue weighted by molar-refractivity contribution is 5.75. The number of carboxylic acids is 1. The average Bonchev–Trinajstić information content (AvgIpc) is 3.62. The number of rotatable bonds is 10. The highest BCUT2D eigenvalue weighted by Crippen LogP contribution is 2.37. The third-order valence-electron chi connectivity index (χ3n) is 9.06. The van der Waals surface area contributed by atoms with Crippen molar-refractivity contribution in [1.82, 2.24) is 19.8 Å². The van der Waals surface area contributed by atoms with Crippen molar-refractivity contribution in [3.63, 3.8) is 0 Å². The SMILES string of the molecule is CC(COC(=O)OC1CCCCC1)CC(c1ncn2c1CCc1ccccc1-2)[C@@H](C(=O)O)N1CC[C@H](NC(=O)OC(C)(C)C)C1. The van der Waals surface area contributed by atoms with Gasteiger partial charge in [-0.2, -0.15) is 0 Å². The Labute approximate surface area is 265 Å². The summed E-state index contributed by atoms with van der Waals surface area (Å²) < 4.78 is 18.6. The van der Waals surface area contributed by atoms with Crippen LogP contribution >= 0.6 is 0 Å². The number of aryl methyl sites for hydroxylation is 1. The molecule has 2 fully saturated rings. The number of benzene rings is 1. The average molecular weight is 625 g/mol. The predicted octanol–water partition coefficient (Wildman–Crippen LogP) is 5.62. The van der Waals surface area contributed by atoms with Gasteiger partial charge >= 0.3 is 18.2 Å². The molecule has 1 aromatic carbocycles. The van der Waals surface area contributed by atoms with Crippen LogP contribution in [0.15, 0.2) is 30.6 Å². The third kappa shape index (κ3) is 8.36. The van der Waals surface area contributed by atoms with Crippen molar-refractivity contribution in [2.75, 3.05) is 19.7 Å². The molecule has 2 unspecified atom stereocenters. The Hall–Kier alpha value is -3.60. The summed E-state index contributed by atoms with van der Waals surface area (Å²) >= 11 is 0. The number of hydrogen-bond donors (Lipinski definition) is 2. The van der Waals surface area contributed by atoms with Gasteiger partial charge in [0, 0.05) is 36.4 Å².